The minimum atomic E-state index is -0.0848. The molecule has 0 atom stereocenters. The molecular weight excluding hydrogens is 574 g/mol. The van der Waals surface area contributed by atoms with Gasteiger partial charge < -0.3 is 5.11 Å². The zero-order chi connectivity index (χ0) is 33.1. The third-order valence-electron chi connectivity index (χ3n) is 9.07. The van der Waals surface area contributed by atoms with Crippen LogP contribution in [0.25, 0.3) is 61.3 Å². The van der Waals surface area contributed by atoms with Crippen molar-refractivity contribution in [3.63, 3.8) is 0 Å². The number of nitrogens with zero attached hydrogens (tertiary/aromatic N) is 3. The Morgan fingerprint density at radius 3 is 2.02 bits per heavy atom. The lowest BCUT2D eigenvalue weighted by molar-refractivity contribution is 0.475. The molecule has 0 saturated heterocycles. The fourth-order valence-electron chi connectivity index (χ4n) is 6.47. The van der Waals surface area contributed by atoms with Gasteiger partial charge in [0.15, 0.2) is 0 Å². The van der Waals surface area contributed by atoms with Gasteiger partial charge in [-0.25, -0.2) is 4.98 Å². The molecule has 7 rings (SSSR count). The molecule has 2 aromatic heterocycles. The van der Waals surface area contributed by atoms with Gasteiger partial charge in [0, 0.05) is 28.4 Å². The molecule has 0 bridgehead atoms. The first-order chi connectivity index (χ1) is 22.4. The summed E-state index contributed by atoms with van der Waals surface area (Å²) in [6, 6.07) is 38.0. The first-order valence-electron chi connectivity index (χ1n) is 16.3. The fraction of sp³-hybridized carbons (Fsp3) is 0.209. The van der Waals surface area contributed by atoms with Gasteiger partial charge >= 0.3 is 0 Å². The third-order valence-corrected chi connectivity index (χ3v) is 9.07. The predicted molar refractivity (Wildman–Crippen MR) is 196 cm³/mol. The number of benzene rings is 5. The van der Waals surface area contributed by atoms with Crippen molar-refractivity contribution < 1.29 is 5.11 Å². The second-order valence-electron chi connectivity index (χ2n) is 14.7. The van der Waals surface area contributed by atoms with Crippen LogP contribution in [0, 0.1) is 6.92 Å². The highest BCUT2D eigenvalue weighted by Crippen LogP contribution is 2.41. The maximum absolute atomic E-state index is 11.2. The van der Waals surface area contributed by atoms with Crippen molar-refractivity contribution in [2.24, 2.45) is 0 Å². The third kappa shape index (κ3) is 5.59. The van der Waals surface area contributed by atoms with Crippen molar-refractivity contribution in [1.82, 2.24) is 14.5 Å². The summed E-state index contributed by atoms with van der Waals surface area (Å²) in [5.41, 5.74) is 12.4. The Morgan fingerprint density at radius 2 is 1.30 bits per heavy atom. The van der Waals surface area contributed by atoms with Crippen molar-refractivity contribution >= 4 is 21.9 Å². The SMILES string of the molecule is Cc1cc(-c2cc(C(C)(C)C)cc3cccnc23)cc(-c2cccc3c2nc(-c2cc(C(C)(C)C)ccc2O)n3-c2ccccc2)c1. The highest BCUT2D eigenvalue weighted by molar-refractivity contribution is 5.99. The maximum atomic E-state index is 11.2. The quantitative estimate of drug-likeness (QED) is 0.214. The molecule has 0 amide bonds. The minimum Gasteiger partial charge on any atom is -0.507 e. The van der Waals surface area contributed by atoms with E-state index in [1.807, 2.05) is 36.5 Å². The van der Waals surface area contributed by atoms with Gasteiger partial charge in [0.05, 0.1) is 22.1 Å². The summed E-state index contributed by atoms with van der Waals surface area (Å²) in [6.07, 6.45) is 1.88. The fourth-order valence-corrected chi connectivity index (χ4v) is 6.47. The lowest BCUT2D eigenvalue weighted by Gasteiger charge is -2.21. The van der Waals surface area contributed by atoms with Gasteiger partial charge in [0.1, 0.15) is 11.6 Å². The molecular formula is C43H41N3O. The molecule has 0 radical (unpaired) electrons. The number of phenolic OH excluding ortho intramolecular Hbond substituents is 1. The number of aromatic hydroxyl groups is 1. The van der Waals surface area contributed by atoms with Crippen LogP contribution in [-0.4, -0.2) is 19.6 Å². The molecule has 0 aliphatic heterocycles. The molecule has 0 aliphatic carbocycles. The Morgan fingerprint density at radius 1 is 0.596 bits per heavy atom. The van der Waals surface area contributed by atoms with Crippen LogP contribution in [0.1, 0.15) is 58.2 Å². The minimum absolute atomic E-state index is 0.00639. The summed E-state index contributed by atoms with van der Waals surface area (Å²) in [5, 5.41) is 12.4. The van der Waals surface area contributed by atoms with Crippen LogP contribution < -0.4 is 0 Å². The number of aromatic nitrogens is 3. The predicted octanol–water partition coefficient (Wildman–Crippen LogP) is 11.2. The van der Waals surface area contributed by atoms with E-state index in [4.69, 9.17) is 9.97 Å². The Bertz CT molecular complexity index is 2280. The highest BCUT2D eigenvalue weighted by atomic mass is 16.3. The Balaban J connectivity index is 1.49. The van der Waals surface area contributed by atoms with Gasteiger partial charge in [-0.1, -0.05) is 96.1 Å². The second-order valence-corrected chi connectivity index (χ2v) is 14.7. The van der Waals surface area contributed by atoms with E-state index in [1.54, 1.807) is 6.07 Å². The average Bonchev–Trinajstić information content (AvgIpc) is 3.43. The number of para-hydroxylation sites is 2. The summed E-state index contributed by atoms with van der Waals surface area (Å²) in [4.78, 5) is 10.2. The van der Waals surface area contributed by atoms with Crippen molar-refractivity contribution in [3.05, 3.63) is 132 Å². The van der Waals surface area contributed by atoms with E-state index in [1.165, 1.54) is 5.56 Å². The van der Waals surface area contributed by atoms with E-state index < -0.39 is 0 Å². The van der Waals surface area contributed by atoms with Gasteiger partial charge in [-0.2, -0.15) is 0 Å². The summed E-state index contributed by atoms with van der Waals surface area (Å²) in [7, 11) is 0. The molecule has 0 saturated carbocycles. The molecule has 0 unspecified atom stereocenters. The van der Waals surface area contributed by atoms with Crippen molar-refractivity contribution in [3.8, 4) is 45.1 Å². The van der Waals surface area contributed by atoms with Crippen LogP contribution >= 0.6 is 0 Å². The van der Waals surface area contributed by atoms with E-state index in [2.05, 4.69) is 126 Å². The van der Waals surface area contributed by atoms with E-state index in [0.29, 0.717) is 11.4 Å². The van der Waals surface area contributed by atoms with Crippen LogP contribution in [0.3, 0.4) is 0 Å². The van der Waals surface area contributed by atoms with Gasteiger partial charge in [-0.15, -0.1) is 0 Å². The Labute approximate surface area is 277 Å². The van der Waals surface area contributed by atoms with Crippen molar-refractivity contribution in [1.29, 1.82) is 0 Å². The zero-order valence-electron chi connectivity index (χ0n) is 28.3. The van der Waals surface area contributed by atoms with Crippen LogP contribution in [0.4, 0.5) is 0 Å². The maximum Gasteiger partial charge on any atom is 0.149 e. The summed E-state index contributed by atoms with van der Waals surface area (Å²) < 4.78 is 2.17. The van der Waals surface area contributed by atoms with Gasteiger partial charge in [-0.05, 0) is 100 Å². The molecule has 5 aromatic carbocycles. The first kappa shape index (κ1) is 30.4. The van der Waals surface area contributed by atoms with E-state index in [9.17, 15) is 5.11 Å². The topological polar surface area (TPSA) is 50.9 Å². The molecule has 47 heavy (non-hydrogen) atoms. The van der Waals surface area contributed by atoms with Gasteiger partial charge in [0.2, 0.25) is 0 Å². The van der Waals surface area contributed by atoms with E-state index in [-0.39, 0.29) is 16.6 Å². The standard InChI is InChI=1S/C43H41N3O/c1-27-21-29(23-30(22-27)35-26-32(43(5,6)7)24-28-13-12-20-44-39(28)35)34-16-11-17-37-40(34)45-41(46(37)33-14-9-8-10-15-33)36-25-31(42(2,3)4)18-19-38(36)47/h8-26,47H,1-7H3. The molecule has 0 fully saturated rings. The number of hydrogen-bond acceptors (Lipinski definition) is 3. The summed E-state index contributed by atoms with van der Waals surface area (Å²) in [6.45, 7) is 15.5. The number of hydrogen-bond donors (Lipinski definition) is 1. The number of aryl methyl sites for hydroxylation is 1. The number of rotatable bonds is 4. The molecule has 1 N–H and O–H groups in total. The van der Waals surface area contributed by atoms with Crippen LogP contribution in [0.2, 0.25) is 0 Å². The Hall–Kier alpha value is -5.22. The van der Waals surface area contributed by atoms with Crippen molar-refractivity contribution in [2.75, 3.05) is 0 Å². The molecule has 2 heterocycles. The number of fused-ring (bicyclic) bond motifs is 2. The molecule has 4 heteroatoms. The zero-order valence-corrected chi connectivity index (χ0v) is 28.3. The van der Waals surface area contributed by atoms with Crippen LogP contribution in [0.15, 0.2) is 115 Å². The largest absolute Gasteiger partial charge is 0.507 e. The van der Waals surface area contributed by atoms with E-state index >= 15 is 0 Å². The number of pyridine rings is 1. The number of imidazole rings is 1. The van der Waals surface area contributed by atoms with Crippen LogP contribution in [-0.2, 0) is 10.8 Å². The smallest absolute Gasteiger partial charge is 0.149 e. The van der Waals surface area contributed by atoms with Gasteiger partial charge in [-0.3, -0.25) is 9.55 Å². The lowest BCUT2D eigenvalue weighted by Crippen LogP contribution is -2.11. The Kier molecular flexibility index (Phi) is 7.28. The first-order valence-corrected chi connectivity index (χ1v) is 16.3. The summed E-state index contributed by atoms with van der Waals surface area (Å²) >= 11 is 0. The van der Waals surface area contributed by atoms with Gasteiger partial charge in [0.25, 0.3) is 0 Å². The molecule has 234 valence electrons. The van der Waals surface area contributed by atoms with Crippen molar-refractivity contribution in [2.45, 2.75) is 59.3 Å². The monoisotopic (exact) mass is 615 g/mol. The average molecular weight is 616 g/mol. The normalized spacial score (nSPS) is 12.2. The van der Waals surface area contributed by atoms with Crippen LogP contribution in [0.5, 0.6) is 5.75 Å². The molecule has 4 nitrogen and oxygen atoms in total. The van der Waals surface area contributed by atoms with E-state index in [0.717, 1.165) is 61.0 Å². The lowest BCUT2D eigenvalue weighted by atomic mass is 9.83. The molecule has 0 aliphatic rings. The number of phenols is 1. The second kappa shape index (κ2) is 11.2. The highest BCUT2D eigenvalue weighted by Gasteiger charge is 2.23. The molecule has 0 spiro atoms. The summed E-state index contributed by atoms with van der Waals surface area (Å²) in [5.74, 6) is 0.922. The molecule has 7 aromatic rings.